The largest absolute Gasteiger partial charge is 1.00 e. The zero-order valence-electron chi connectivity index (χ0n) is 9.27. The minimum Gasteiger partial charge on any atom is -0.508 e. The molecule has 2 aromatic rings. The Labute approximate surface area is 117 Å². The quantitative estimate of drug-likeness (QED) is 0.403. The SMILES string of the molecule is Nc1[c-]ccc(Cc2ccccc2O)c1.[Na+]. The third-order valence-corrected chi connectivity index (χ3v) is 2.27. The number of aromatic hydroxyl groups is 1. The minimum absolute atomic E-state index is 0. The number of rotatable bonds is 2. The summed E-state index contributed by atoms with van der Waals surface area (Å²) in [5, 5.41) is 9.60. The molecule has 2 nitrogen and oxygen atoms in total. The maximum absolute atomic E-state index is 9.60. The number of benzene rings is 2. The second kappa shape index (κ2) is 5.94. The molecule has 0 bridgehead atoms. The Morgan fingerprint density at radius 2 is 1.94 bits per heavy atom. The molecule has 2 rings (SSSR count). The van der Waals surface area contributed by atoms with Crippen molar-refractivity contribution in [2.45, 2.75) is 6.42 Å². The molecule has 0 aliphatic rings. The Morgan fingerprint density at radius 3 is 2.62 bits per heavy atom. The van der Waals surface area contributed by atoms with Gasteiger partial charge in [-0.2, -0.15) is 23.8 Å². The van der Waals surface area contributed by atoms with E-state index in [2.05, 4.69) is 6.07 Å². The van der Waals surface area contributed by atoms with Crippen LogP contribution in [0.5, 0.6) is 5.75 Å². The summed E-state index contributed by atoms with van der Waals surface area (Å²) in [6.07, 6.45) is 0.686. The van der Waals surface area contributed by atoms with Gasteiger partial charge in [0.15, 0.2) is 0 Å². The predicted molar refractivity (Wildman–Crippen MR) is 60.6 cm³/mol. The number of anilines is 1. The van der Waals surface area contributed by atoms with Crippen molar-refractivity contribution < 1.29 is 34.7 Å². The Morgan fingerprint density at radius 1 is 1.19 bits per heavy atom. The number of para-hydroxylation sites is 1. The summed E-state index contributed by atoms with van der Waals surface area (Å²) in [6.45, 7) is 0. The van der Waals surface area contributed by atoms with Crippen molar-refractivity contribution in [2.24, 2.45) is 0 Å². The van der Waals surface area contributed by atoms with Crippen LogP contribution in [0.3, 0.4) is 0 Å². The van der Waals surface area contributed by atoms with E-state index in [4.69, 9.17) is 5.73 Å². The molecule has 0 amide bonds. The average molecular weight is 221 g/mol. The van der Waals surface area contributed by atoms with E-state index in [-0.39, 0.29) is 29.6 Å². The molecule has 16 heavy (non-hydrogen) atoms. The van der Waals surface area contributed by atoms with E-state index in [0.29, 0.717) is 17.9 Å². The molecule has 0 atom stereocenters. The van der Waals surface area contributed by atoms with Gasteiger partial charge >= 0.3 is 29.6 Å². The minimum atomic E-state index is 0. The Balaban J connectivity index is 0.00000128. The fourth-order valence-electron chi connectivity index (χ4n) is 1.52. The smallest absolute Gasteiger partial charge is 0.508 e. The van der Waals surface area contributed by atoms with Gasteiger partial charge in [0.1, 0.15) is 5.75 Å². The van der Waals surface area contributed by atoms with Gasteiger partial charge in [0.2, 0.25) is 0 Å². The summed E-state index contributed by atoms with van der Waals surface area (Å²) >= 11 is 0. The van der Waals surface area contributed by atoms with E-state index in [0.717, 1.165) is 11.1 Å². The maximum Gasteiger partial charge on any atom is 1.00 e. The number of hydrogen-bond donors (Lipinski definition) is 2. The molecule has 0 radical (unpaired) electrons. The van der Waals surface area contributed by atoms with Gasteiger partial charge in [-0.05, 0) is 18.1 Å². The van der Waals surface area contributed by atoms with E-state index in [1.54, 1.807) is 12.1 Å². The van der Waals surface area contributed by atoms with E-state index in [1.165, 1.54) is 0 Å². The molecule has 0 aliphatic carbocycles. The summed E-state index contributed by atoms with van der Waals surface area (Å²) < 4.78 is 0. The van der Waals surface area contributed by atoms with Crippen molar-refractivity contribution in [3.63, 3.8) is 0 Å². The van der Waals surface area contributed by atoms with E-state index >= 15 is 0 Å². The summed E-state index contributed by atoms with van der Waals surface area (Å²) in [6, 6.07) is 15.8. The molecule has 2 aromatic carbocycles. The predicted octanol–water partition coefficient (Wildman–Crippen LogP) is -0.631. The molecule has 0 saturated heterocycles. The second-order valence-corrected chi connectivity index (χ2v) is 3.46. The third-order valence-electron chi connectivity index (χ3n) is 2.27. The normalized spacial score (nSPS) is 9.50. The van der Waals surface area contributed by atoms with Gasteiger partial charge in [-0.3, -0.25) is 0 Å². The van der Waals surface area contributed by atoms with Gasteiger partial charge in [-0.15, -0.1) is 6.07 Å². The topological polar surface area (TPSA) is 46.2 Å². The molecule has 0 aliphatic heterocycles. The molecular weight excluding hydrogens is 209 g/mol. The van der Waals surface area contributed by atoms with Crippen molar-refractivity contribution in [3.05, 3.63) is 59.7 Å². The van der Waals surface area contributed by atoms with Crippen LogP contribution >= 0.6 is 0 Å². The van der Waals surface area contributed by atoms with Gasteiger partial charge in [0.05, 0.1) is 0 Å². The van der Waals surface area contributed by atoms with Crippen LogP contribution in [0.2, 0.25) is 0 Å². The van der Waals surface area contributed by atoms with Gasteiger partial charge in [-0.25, -0.2) is 0 Å². The molecular formula is C13H12NNaO. The monoisotopic (exact) mass is 221 g/mol. The molecule has 0 saturated carbocycles. The first-order chi connectivity index (χ1) is 7.25. The maximum atomic E-state index is 9.60. The fourth-order valence-corrected chi connectivity index (χ4v) is 1.52. The summed E-state index contributed by atoms with van der Waals surface area (Å²) in [5.41, 5.74) is 8.24. The number of phenols is 1. The number of nitrogens with two attached hydrogens (primary N) is 1. The van der Waals surface area contributed by atoms with Crippen LogP contribution in [0.4, 0.5) is 5.69 Å². The van der Waals surface area contributed by atoms with Crippen LogP contribution in [-0.4, -0.2) is 5.11 Å². The Bertz CT molecular complexity index is 471. The van der Waals surface area contributed by atoms with Gasteiger partial charge in [-0.1, -0.05) is 23.9 Å². The van der Waals surface area contributed by atoms with Crippen LogP contribution in [0, 0.1) is 6.07 Å². The van der Waals surface area contributed by atoms with Crippen molar-refractivity contribution in [2.75, 3.05) is 5.73 Å². The average Bonchev–Trinajstić information content (AvgIpc) is 2.22. The first-order valence-corrected chi connectivity index (χ1v) is 4.78. The van der Waals surface area contributed by atoms with Gasteiger partial charge in [0, 0.05) is 0 Å². The summed E-state index contributed by atoms with van der Waals surface area (Å²) in [5.74, 6) is 0.323. The van der Waals surface area contributed by atoms with Gasteiger partial charge < -0.3 is 10.8 Å². The molecule has 3 N–H and O–H groups in total. The molecule has 76 valence electrons. The summed E-state index contributed by atoms with van der Waals surface area (Å²) in [7, 11) is 0. The van der Waals surface area contributed by atoms with E-state index in [1.807, 2.05) is 30.3 Å². The fraction of sp³-hybridized carbons (Fsp3) is 0.0769. The summed E-state index contributed by atoms with van der Waals surface area (Å²) in [4.78, 5) is 0. The van der Waals surface area contributed by atoms with Crippen molar-refractivity contribution in [1.29, 1.82) is 0 Å². The second-order valence-electron chi connectivity index (χ2n) is 3.46. The van der Waals surface area contributed by atoms with Crippen LogP contribution < -0.4 is 35.3 Å². The van der Waals surface area contributed by atoms with Crippen LogP contribution in [0.1, 0.15) is 11.1 Å². The van der Waals surface area contributed by atoms with E-state index in [9.17, 15) is 5.11 Å². The van der Waals surface area contributed by atoms with Gasteiger partial charge in [0.25, 0.3) is 0 Å². The number of phenolic OH excluding ortho intramolecular Hbond substituents is 1. The standard InChI is InChI=1S/C13H12NO.Na/c14-12-6-3-4-10(9-12)8-11-5-1-2-7-13(11)15;/h1-5,7,9,15H,8,14H2;/q-1;+1. The zero-order valence-corrected chi connectivity index (χ0v) is 11.3. The molecule has 0 heterocycles. The molecule has 0 spiro atoms. The molecule has 3 heteroatoms. The first kappa shape index (κ1) is 13.1. The van der Waals surface area contributed by atoms with Crippen molar-refractivity contribution >= 4 is 5.69 Å². The zero-order chi connectivity index (χ0) is 10.7. The number of nitrogen functional groups attached to an aromatic ring is 1. The van der Waals surface area contributed by atoms with Crippen molar-refractivity contribution in [3.8, 4) is 5.75 Å². The van der Waals surface area contributed by atoms with Crippen LogP contribution in [0.25, 0.3) is 0 Å². The third kappa shape index (κ3) is 3.27. The first-order valence-electron chi connectivity index (χ1n) is 4.78. The molecule has 0 unspecified atom stereocenters. The molecule has 0 fully saturated rings. The van der Waals surface area contributed by atoms with Crippen LogP contribution in [-0.2, 0) is 6.42 Å². The van der Waals surface area contributed by atoms with Crippen molar-refractivity contribution in [1.82, 2.24) is 0 Å². The number of hydrogen-bond acceptors (Lipinski definition) is 2. The molecule has 0 aromatic heterocycles. The Kier molecular flexibility index (Phi) is 4.87. The van der Waals surface area contributed by atoms with Crippen LogP contribution in [0.15, 0.2) is 42.5 Å². The Hall–Kier alpha value is -0.960. The van der Waals surface area contributed by atoms with E-state index < -0.39 is 0 Å².